The van der Waals surface area contributed by atoms with Crippen molar-refractivity contribution in [3.05, 3.63) is 71.4 Å². The first kappa shape index (κ1) is 17.8. The maximum Gasteiger partial charge on any atom is 0.257 e. The fourth-order valence-corrected chi connectivity index (χ4v) is 2.35. The highest BCUT2D eigenvalue weighted by Crippen LogP contribution is 2.25. The lowest BCUT2D eigenvalue weighted by molar-refractivity contribution is 0.102. The first-order valence-electron chi connectivity index (χ1n) is 7.83. The van der Waals surface area contributed by atoms with E-state index in [1.165, 1.54) is 6.20 Å². The second-order valence-electron chi connectivity index (χ2n) is 5.67. The van der Waals surface area contributed by atoms with Crippen molar-refractivity contribution in [1.29, 1.82) is 10.5 Å². The Bertz CT molecular complexity index is 869. The van der Waals surface area contributed by atoms with Crippen molar-refractivity contribution in [2.75, 3.05) is 10.6 Å². The fourth-order valence-electron chi connectivity index (χ4n) is 2.35. The third-order valence-electron chi connectivity index (χ3n) is 3.62. The molecule has 2 aromatic rings. The van der Waals surface area contributed by atoms with Crippen LogP contribution in [0.5, 0.6) is 0 Å². The average molecular weight is 330 g/mol. The van der Waals surface area contributed by atoms with Gasteiger partial charge in [0.15, 0.2) is 0 Å². The van der Waals surface area contributed by atoms with Crippen LogP contribution in [0, 0.1) is 22.7 Å². The Kier molecular flexibility index (Phi) is 5.92. The number of allylic oxidation sites excluding steroid dienone is 1. The zero-order valence-electron chi connectivity index (χ0n) is 14.1. The first-order chi connectivity index (χ1) is 12.1. The summed E-state index contributed by atoms with van der Waals surface area (Å²) >= 11 is 0. The Labute approximate surface area is 147 Å². The zero-order chi connectivity index (χ0) is 18.2. The molecule has 0 bridgehead atoms. The summed E-state index contributed by atoms with van der Waals surface area (Å²) in [6, 6.07) is 18.1. The maximum atomic E-state index is 12.7. The molecular formula is C20H18N4O. The minimum atomic E-state index is -0.264. The van der Waals surface area contributed by atoms with Crippen molar-refractivity contribution < 1.29 is 4.79 Å². The van der Waals surface area contributed by atoms with Gasteiger partial charge < -0.3 is 10.6 Å². The number of carbonyl (C=O) groups is 1. The Balaban J connectivity index is 2.28. The molecule has 2 aromatic carbocycles. The van der Waals surface area contributed by atoms with E-state index < -0.39 is 0 Å². The number of rotatable bonds is 5. The molecule has 0 atom stereocenters. The number of amides is 1. The number of hydrogen-bond acceptors (Lipinski definition) is 4. The lowest BCUT2D eigenvalue weighted by Gasteiger charge is -2.15. The van der Waals surface area contributed by atoms with E-state index in [0.29, 0.717) is 11.3 Å². The Morgan fingerprint density at radius 1 is 1.00 bits per heavy atom. The monoisotopic (exact) mass is 330 g/mol. The van der Waals surface area contributed by atoms with Gasteiger partial charge in [0.2, 0.25) is 0 Å². The van der Waals surface area contributed by atoms with Crippen LogP contribution < -0.4 is 10.6 Å². The molecule has 0 fully saturated rings. The molecular weight excluding hydrogens is 312 g/mol. The molecule has 0 spiro atoms. The topological polar surface area (TPSA) is 88.7 Å². The number of nitrogens with zero attached hydrogens (tertiary/aromatic N) is 2. The van der Waals surface area contributed by atoms with E-state index in [0.717, 1.165) is 11.3 Å². The first-order valence-corrected chi connectivity index (χ1v) is 7.83. The number of hydrogen-bond donors (Lipinski definition) is 2. The summed E-state index contributed by atoms with van der Waals surface area (Å²) in [6.07, 6.45) is 1.29. The number of nitrogens with one attached hydrogen (secondary N) is 2. The minimum absolute atomic E-state index is 0.0691. The average Bonchev–Trinajstić information content (AvgIpc) is 2.63. The molecule has 2 rings (SSSR count). The highest BCUT2D eigenvalue weighted by atomic mass is 16.1. The lowest BCUT2D eigenvalue weighted by atomic mass is 10.0. The van der Waals surface area contributed by atoms with Crippen LogP contribution in [0.2, 0.25) is 0 Å². The molecule has 0 unspecified atom stereocenters. The van der Waals surface area contributed by atoms with Crippen LogP contribution in [0.25, 0.3) is 0 Å². The second kappa shape index (κ2) is 8.33. The molecule has 0 saturated carbocycles. The molecule has 25 heavy (non-hydrogen) atoms. The normalized spacial score (nSPS) is 9.64. The van der Waals surface area contributed by atoms with Crippen LogP contribution in [-0.2, 0) is 0 Å². The molecule has 0 aliphatic rings. The van der Waals surface area contributed by atoms with E-state index >= 15 is 0 Å². The molecule has 0 aromatic heterocycles. The summed E-state index contributed by atoms with van der Waals surface area (Å²) in [5, 5.41) is 23.4. The van der Waals surface area contributed by atoms with Crippen molar-refractivity contribution in [3.8, 4) is 12.1 Å². The van der Waals surface area contributed by atoms with Gasteiger partial charge in [0.25, 0.3) is 5.91 Å². The van der Waals surface area contributed by atoms with Crippen LogP contribution in [0.15, 0.2) is 60.3 Å². The van der Waals surface area contributed by atoms with Crippen LogP contribution in [0.1, 0.15) is 35.7 Å². The molecule has 0 aliphatic carbocycles. The van der Waals surface area contributed by atoms with Gasteiger partial charge in [-0.15, -0.1) is 0 Å². The van der Waals surface area contributed by atoms with Crippen LogP contribution >= 0.6 is 0 Å². The van der Waals surface area contributed by atoms with Crippen LogP contribution in [0.3, 0.4) is 0 Å². The van der Waals surface area contributed by atoms with Gasteiger partial charge in [-0.3, -0.25) is 4.79 Å². The molecule has 0 saturated heterocycles. The van der Waals surface area contributed by atoms with E-state index in [9.17, 15) is 4.79 Å². The third kappa shape index (κ3) is 4.46. The zero-order valence-corrected chi connectivity index (χ0v) is 14.1. The Morgan fingerprint density at radius 2 is 1.60 bits per heavy atom. The summed E-state index contributed by atoms with van der Waals surface area (Å²) in [6.45, 7) is 4.13. The molecule has 0 aliphatic heterocycles. The fraction of sp³-hybridized carbons (Fsp3) is 0.150. The van der Waals surface area contributed by atoms with Crippen molar-refractivity contribution >= 4 is 17.3 Å². The van der Waals surface area contributed by atoms with Gasteiger partial charge in [-0.05, 0) is 29.7 Å². The van der Waals surface area contributed by atoms with E-state index in [1.54, 1.807) is 36.4 Å². The molecule has 1 amide bonds. The summed E-state index contributed by atoms with van der Waals surface area (Å²) in [5.41, 5.74) is 2.69. The van der Waals surface area contributed by atoms with E-state index in [-0.39, 0.29) is 17.4 Å². The van der Waals surface area contributed by atoms with Crippen molar-refractivity contribution in [2.24, 2.45) is 0 Å². The summed E-state index contributed by atoms with van der Waals surface area (Å²) in [7, 11) is 0. The molecule has 0 radical (unpaired) electrons. The van der Waals surface area contributed by atoms with Gasteiger partial charge in [0.05, 0.1) is 11.3 Å². The highest BCUT2D eigenvalue weighted by molar-refractivity contribution is 6.08. The van der Waals surface area contributed by atoms with Gasteiger partial charge in [-0.25, -0.2) is 0 Å². The lowest BCUT2D eigenvalue weighted by Crippen LogP contribution is -2.15. The third-order valence-corrected chi connectivity index (χ3v) is 3.62. The van der Waals surface area contributed by atoms with Crippen molar-refractivity contribution in [2.45, 2.75) is 19.8 Å². The largest absolute Gasteiger partial charge is 0.359 e. The highest BCUT2D eigenvalue weighted by Gasteiger charge is 2.13. The van der Waals surface area contributed by atoms with Crippen LogP contribution in [-0.4, -0.2) is 5.91 Å². The number of anilines is 2. The minimum Gasteiger partial charge on any atom is -0.359 e. The number of carbonyl (C=O) groups excluding carboxylic acids is 1. The van der Waals surface area contributed by atoms with Gasteiger partial charge in [0.1, 0.15) is 17.7 Å². The molecule has 5 nitrogen and oxygen atoms in total. The standard InChI is InChI=1S/C20H18N4O/c1-14(2)16-7-3-6-10-19(16)24-20(25)17-8-4-5-9-18(17)23-13-15(11-21)12-22/h3-10,13-14,23H,1-2H3,(H,24,25). The Morgan fingerprint density at radius 3 is 2.24 bits per heavy atom. The van der Waals surface area contributed by atoms with Gasteiger partial charge >= 0.3 is 0 Å². The summed E-state index contributed by atoms with van der Waals surface area (Å²) < 4.78 is 0. The predicted octanol–water partition coefficient (Wildman–Crippen LogP) is 4.41. The Hall–Kier alpha value is -3.57. The molecule has 0 heterocycles. The molecule has 2 N–H and O–H groups in total. The SMILES string of the molecule is CC(C)c1ccccc1NC(=O)c1ccccc1NC=C(C#N)C#N. The quantitative estimate of drug-likeness (QED) is 0.795. The van der Waals surface area contributed by atoms with Crippen molar-refractivity contribution in [1.82, 2.24) is 0 Å². The number of nitriles is 2. The summed E-state index contributed by atoms with van der Waals surface area (Å²) in [4.78, 5) is 12.7. The smallest absolute Gasteiger partial charge is 0.257 e. The van der Waals surface area contributed by atoms with Crippen molar-refractivity contribution in [3.63, 3.8) is 0 Å². The summed E-state index contributed by atoms with van der Waals surface area (Å²) in [5.74, 6) is 0.0154. The molecule has 124 valence electrons. The van der Waals surface area contributed by atoms with E-state index in [1.807, 2.05) is 24.3 Å². The van der Waals surface area contributed by atoms with E-state index in [2.05, 4.69) is 24.5 Å². The van der Waals surface area contributed by atoms with Gasteiger partial charge in [-0.1, -0.05) is 44.2 Å². The van der Waals surface area contributed by atoms with Gasteiger partial charge in [-0.2, -0.15) is 10.5 Å². The van der Waals surface area contributed by atoms with Gasteiger partial charge in [0, 0.05) is 11.9 Å². The predicted molar refractivity (Wildman–Crippen MR) is 97.9 cm³/mol. The van der Waals surface area contributed by atoms with E-state index in [4.69, 9.17) is 10.5 Å². The number of para-hydroxylation sites is 2. The number of benzene rings is 2. The van der Waals surface area contributed by atoms with Crippen LogP contribution in [0.4, 0.5) is 11.4 Å². The molecule has 5 heteroatoms. The second-order valence-corrected chi connectivity index (χ2v) is 5.67. The maximum absolute atomic E-state index is 12.7.